The second kappa shape index (κ2) is 6.45. The molecule has 0 saturated heterocycles. The Balaban J connectivity index is 1.42. The van der Waals surface area contributed by atoms with E-state index in [0.29, 0.717) is 6.54 Å². The Morgan fingerprint density at radius 2 is 1.92 bits per heavy atom. The number of carbonyl (C=O) groups is 1. The Morgan fingerprint density at radius 1 is 1.32 bits per heavy atom. The van der Waals surface area contributed by atoms with Gasteiger partial charge in [0.15, 0.2) is 5.16 Å². The van der Waals surface area contributed by atoms with Crippen molar-refractivity contribution in [1.29, 1.82) is 0 Å². The molecular weight excluding hydrogens is 332 g/mol. The largest absolute Gasteiger partial charge is 0.350 e. The molecule has 4 fully saturated rings. The van der Waals surface area contributed by atoms with E-state index in [1.807, 2.05) is 24.5 Å². The van der Waals surface area contributed by atoms with Gasteiger partial charge in [0.2, 0.25) is 5.91 Å². The summed E-state index contributed by atoms with van der Waals surface area (Å²) >= 11 is 1.50. The molecule has 4 bridgehead atoms. The number of nitrogens with zero attached hydrogens (tertiary/aromatic N) is 3. The van der Waals surface area contributed by atoms with Crippen molar-refractivity contribution in [2.24, 2.45) is 17.8 Å². The van der Waals surface area contributed by atoms with Gasteiger partial charge in [0.25, 0.3) is 0 Å². The number of carbonyl (C=O) groups excluding carboxylic acids is 1. The van der Waals surface area contributed by atoms with Crippen molar-refractivity contribution in [2.75, 3.05) is 0 Å². The minimum absolute atomic E-state index is 0.0748. The number of hydrogen-bond acceptors (Lipinski definition) is 4. The van der Waals surface area contributed by atoms with Crippen LogP contribution in [0.5, 0.6) is 0 Å². The normalized spacial score (nSPS) is 34.1. The minimum atomic E-state index is -0.167. The minimum Gasteiger partial charge on any atom is -0.350 e. The van der Waals surface area contributed by atoms with E-state index in [2.05, 4.69) is 22.1 Å². The van der Waals surface area contributed by atoms with E-state index >= 15 is 0 Å². The first-order valence-corrected chi connectivity index (χ1v) is 10.4. The van der Waals surface area contributed by atoms with E-state index in [0.717, 1.165) is 28.7 Å². The summed E-state index contributed by atoms with van der Waals surface area (Å²) in [5.74, 6) is 3.53. The fourth-order valence-corrected chi connectivity index (χ4v) is 6.53. The van der Waals surface area contributed by atoms with Crippen molar-refractivity contribution >= 4 is 17.7 Å². The second-order valence-electron chi connectivity index (χ2n) is 8.38. The van der Waals surface area contributed by atoms with E-state index in [1.54, 1.807) is 0 Å². The molecule has 25 heavy (non-hydrogen) atoms. The topological polar surface area (TPSA) is 59.8 Å². The summed E-state index contributed by atoms with van der Waals surface area (Å²) in [6.07, 6.45) is 9.58. The molecule has 1 heterocycles. The number of hydrogen-bond donors (Lipinski definition) is 1. The van der Waals surface area contributed by atoms with Crippen LogP contribution in [0.1, 0.15) is 51.3 Å². The predicted octanol–water partition coefficient (Wildman–Crippen LogP) is 3.34. The first-order valence-electron chi connectivity index (χ1n) is 9.47. The van der Waals surface area contributed by atoms with Crippen molar-refractivity contribution in [3.05, 3.63) is 18.5 Å². The molecule has 1 atom stereocenters. The molecule has 1 amide bonds. The van der Waals surface area contributed by atoms with Gasteiger partial charge in [-0.25, -0.2) is 0 Å². The van der Waals surface area contributed by atoms with Crippen molar-refractivity contribution in [3.63, 3.8) is 0 Å². The number of nitrogens with one attached hydrogen (secondary N) is 1. The van der Waals surface area contributed by atoms with Gasteiger partial charge in [-0.2, -0.15) is 0 Å². The molecule has 0 aliphatic heterocycles. The van der Waals surface area contributed by atoms with E-state index < -0.39 is 0 Å². The molecule has 4 aliphatic rings. The lowest BCUT2D eigenvalue weighted by Gasteiger charge is -2.57. The highest BCUT2D eigenvalue weighted by Crippen LogP contribution is 2.55. The number of allylic oxidation sites excluding steroid dienone is 1. The van der Waals surface area contributed by atoms with Crippen LogP contribution in [0, 0.1) is 24.7 Å². The van der Waals surface area contributed by atoms with E-state index in [1.165, 1.54) is 50.3 Å². The summed E-state index contributed by atoms with van der Waals surface area (Å²) in [7, 11) is 0. The van der Waals surface area contributed by atoms with Gasteiger partial charge in [0, 0.05) is 12.1 Å². The molecule has 0 radical (unpaired) electrons. The molecule has 5 nitrogen and oxygen atoms in total. The van der Waals surface area contributed by atoms with Gasteiger partial charge in [-0.15, -0.1) is 16.8 Å². The summed E-state index contributed by atoms with van der Waals surface area (Å²) in [5, 5.41) is 12.5. The van der Waals surface area contributed by atoms with Crippen LogP contribution in [0.4, 0.5) is 0 Å². The average molecular weight is 361 g/mol. The third-order valence-electron chi connectivity index (χ3n) is 6.29. The van der Waals surface area contributed by atoms with Gasteiger partial charge in [0.05, 0.1) is 5.25 Å². The highest BCUT2D eigenvalue weighted by atomic mass is 32.2. The molecule has 4 saturated carbocycles. The molecule has 0 spiro atoms. The number of amides is 1. The Labute approximate surface area is 154 Å². The Hall–Kier alpha value is -1.30. The molecule has 1 unspecified atom stereocenters. The maximum atomic E-state index is 12.9. The maximum Gasteiger partial charge on any atom is 0.233 e. The third kappa shape index (κ3) is 3.25. The fraction of sp³-hybridized carbons (Fsp3) is 0.737. The highest BCUT2D eigenvalue weighted by molar-refractivity contribution is 8.00. The first-order chi connectivity index (χ1) is 12.0. The molecular formula is C19H28N4OS. The van der Waals surface area contributed by atoms with Crippen molar-refractivity contribution < 1.29 is 4.79 Å². The lowest BCUT2D eigenvalue weighted by Crippen LogP contribution is -2.60. The van der Waals surface area contributed by atoms with Gasteiger partial charge in [-0.05, 0) is 70.1 Å². The van der Waals surface area contributed by atoms with E-state index in [4.69, 9.17) is 0 Å². The van der Waals surface area contributed by atoms with Crippen LogP contribution in [0.2, 0.25) is 0 Å². The monoisotopic (exact) mass is 360 g/mol. The van der Waals surface area contributed by atoms with Crippen LogP contribution in [-0.4, -0.2) is 31.5 Å². The Bertz CT molecular complexity index is 648. The number of rotatable bonds is 6. The van der Waals surface area contributed by atoms with E-state index in [-0.39, 0.29) is 16.7 Å². The smallest absolute Gasteiger partial charge is 0.233 e. The number of aromatic nitrogens is 3. The second-order valence-corrected chi connectivity index (χ2v) is 9.68. The number of thioether (sulfide) groups is 1. The van der Waals surface area contributed by atoms with Crippen molar-refractivity contribution in [2.45, 2.75) is 74.9 Å². The van der Waals surface area contributed by atoms with Gasteiger partial charge in [-0.1, -0.05) is 17.8 Å². The third-order valence-corrected chi connectivity index (χ3v) is 7.37. The van der Waals surface area contributed by atoms with Gasteiger partial charge in [0.1, 0.15) is 5.82 Å². The van der Waals surface area contributed by atoms with Gasteiger partial charge < -0.3 is 9.88 Å². The molecule has 6 heteroatoms. The fourth-order valence-electron chi connectivity index (χ4n) is 5.63. The molecule has 4 aliphatic carbocycles. The number of aryl methyl sites for hydroxylation is 1. The molecule has 1 aromatic heterocycles. The molecule has 5 rings (SSSR count). The standard InChI is InChI=1S/C19H28N4OS/c1-4-5-23-13(3)21-22-18(23)25-12(2)17(24)20-19-9-14-6-15(10-19)8-16(7-14)11-19/h4,12,14-16H,1,5-11H2,2-3H3,(H,20,24). The SMILES string of the molecule is C=CCn1c(C)nnc1SC(C)C(=O)NC12CC3CC(CC(C3)C1)C2. The molecule has 136 valence electrons. The zero-order valence-corrected chi connectivity index (χ0v) is 16.0. The lowest BCUT2D eigenvalue weighted by atomic mass is 9.53. The van der Waals surface area contributed by atoms with Crippen molar-refractivity contribution in [3.8, 4) is 0 Å². The molecule has 1 aromatic rings. The highest BCUT2D eigenvalue weighted by Gasteiger charge is 2.51. The van der Waals surface area contributed by atoms with Crippen LogP contribution < -0.4 is 5.32 Å². The summed E-state index contributed by atoms with van der Waals surface area (Å²) in [6.45, 7) is 8.37. The van der Waals surface area contributed by atoms with Crippen LogP contribution in [0.15, 0.2) is 17.8 Å². The summed E-state index contributed by atoms with van der Waals surface area (Å²) < 4.78 is 2.01. The molecule has 0 aromatic carbocycles. The van der Waals surface area contributed by atoms with Gasteiger partial charge in [-0.3, -0.25) is 4.79 Å². The maximum absolute atomic E-state index is 12.9. The molecule has 1 N–H and O–H groups in total. The van der Waals surface area contributed by atoms with Crippen LogP contribution >= 0.6 is 11.8 Å². The zero-order valence-electron chi connectivity index (χ0n) is 15.2. The zero-order chi connectivity index (χ0) is 17.6. The summed E-state index contributed by atoms with van der Waals surface area (Å²) in [4.78, 5) is 12.9. The van der Waals surface area contributed by atoms with Crippen molar-refractivity contribution in [1.82, 2.24) is 20.1 Å². The van der Waals surface area contributed by atoms with Crippen LogP contribution in [-0.2, 0) is 11.3 Å². The van der Waals surface area contributed by atoms with Gasteiger partial charge >= 0.3 is 0 Å². The van der Waals surface area contributed by atoms with E-state index in [9.17, 15) is 4.79 Å². The Morgan fingerprint density at radius 3 is 2.48 bits per heavy atom. The Kier molecular flexibility index (Phi) is 4.42. The quantitative estimate of drug-likeness (QED) is 0.624. The van der Waals surface area contributed by atoms with Crippen LogP contribution in [0.25, 0.3) is 0 Å². The summed E-state index contributed by atoms with van der Waals surface area (Å²) in [6, 6.07) is 0. The lowest BCUT2D eigenvalue weighted by molar-refractivity contribution is -0.126. The average Bonchev–Trinajstić information content (AvgIpc) is 2.86. The van der Waals surface area contributed by atoms with Crippen LogP contribution in [0.3, 0.4) is 0 Å². The predicted molar refractivity (Wildman–Crippen MR) is 99.3 cm³/mol. The first kappa shape index (κ1) is 17.1. The summed E-state index contributed by atoms with van der Waals surface area (Å²) in [5.41, 5.74) is 0.0748.